The lowest BCUT2D eigenvalue weighted by Gasteiger charge is -2.19. The van der Waals surface area contributed by atoms with Crippen LogP contribution in [0.3, 0.4) is 0 Å². The lowest BCUT2D eigenvalue weighted by molar-refractivity contribution is -0.133. The Bertz CT molecular complexity index is 767. The van der Waals surface area contributed by atoms with Crippen LogP contribution in [0.2, 0.25) is 0 Å². The topological polar surface area (TPSA) is 75.4 Å². The van der Waals surface area contributed by atoms with E-state index in [4.69, 9.17) is 5.73 Å². The van der Waals surface area contributed by atoms with E-state index in [0.29, 0.717) is 23.5 Å². The van der Waals surface area contributed by atoms with Gasteiger partial charge in [-0.2, -0.15) is 0 Å². The molecule has 0 heterocycles. The lowest BCUT2D eigenvalue weighted by atomic mass is 10.1. The van der Waals surface area contributed by atoms with Gasteiger partial charge >= 0.3 is 0 Å². The standard InChI is InChI=1S/C20H25N3O2/c1-13(2)20(25)23(4)12-15-6-8-16(9-7-15)19(24)22-18-11-17(21)10-5-14(18)3/h5-11,13H,12,21H2,1-4H3,(H,22,24). The molecule has 0 bridgehead atoms. The molecule has 25 heavy (non-hydrogen) atoms. The molecule has 5 nitrogen and oxygen atoms in total. The maximum atomic E-state index is 12.4. The number of benzene rings is 2. The highest BCUT2D eigenvalue weighted by Crippen LogP contribution is 2.19. The molecule has 0 aliphatic heterocycles. The highest BCUT2D eigenvalue weighted by Gasteiger charge is 2.13. The third-order valence-corrected chi connectivity index (χ3v) is 4.02. The zero-order chi connectivity index (χ0) is 18.6. The predicted molar refractivity (Wildman–Crippen MR) is 101 cm³/mol. The summed E-state index contributed by atoms with van der Waals surface area (Å²) < 4.78 is 0. The van der Waals surface area contributed by atoms with E-state index in [-0.39, 0.29) is 17.7 Å². The van der Waals surface area contributed by atoms with E-state index in [1.807, 2.05) is 39.0 Å². The smallest absolute Gasteiger partial charge is 0.255 e. The number of aryl methyl sites for hydroxylation is 1. The van der Waals surface area contributed by atoms with E-state index in [2.05, 4.69) is 5.32 Å². The molecular weight excluding hydrogens is 314 g/mol. The average molecular weight is 339 g/mol. The van der Waals surface area contributed by atoms with Gasteiger partial charge in [0.05, 0.1) is 0 Å². The zero-order valence-corrected chi connectivity index (χ0v) is 15.2. The molecule has 0 aliphatic rings. The van der Waals surface area contributed by atoms with Gasteiger partial charge in [-0.25, -0.2) is 0 Å². The van der Waals surface area contributed by atoms with Gasteiger partial charge in [-0.05, 0) is 42.3 Å². The normalized spacial score (nSPS) is 10.6. The van der Waals surface area contributed by atoms with E-state index >= 15 is 0 Å². The molecule has 0 aliphatic carbocycles. The van der Waals surface area contributed by atoms with Crippen molar-refractivity contribution in [2.45, 2.75) is 27.3 Å². The Morgan fingerprint density at radius 1 is 1.12 bits per heavy atom. The summed E-state index contributed by atoms with van der Waals surface area (Å²) in [5, 5.41) is 2.88. The molecule has 0 atom stereocenters. The van der Waals surface area contributed by atoms with Crippen LogP contribution in [0.15, 0.2) is 42.5 Å². The van der Waals surface area contributed by atoms with Crippen molar-refractivity contribution in [3.8, 4) is 0 Å². The molecule has 0 radical (unpaired) electrons. The first-order chi connectivity index (χ1) is 11.8. The minimum Gasteiger partial charge on any atom is -0.399 e. The first-order valence-corrected chi connectivity index (χ1v) is 8.29. The fraction of sp³-hybridized carbons (Fsp3) is 0.300. The van der Waals surface area contributed by atoms with Crippen molar-refractivity contribution in [2.24, 2.45) is 5.92 Å². The van der Waals surface area contributed by atoms with Gasteiger partial charge in [0.2, 0.25) is 5.91 Å². The Morgan fingerprint density at radius 2 is 1.76 bits per heavy atom. The summed E-state index contributed by atoms with van der Waals surface area (Å²) in [6, 6.07) is 12.7. The number of carbonyl (C=O) groups is 2. The zero-order valence-electron chi connectivity index (χ0n) is 15.2. The maximum absolute atomic E-state index is 12.4. The number of anilines is 2. The van der Waals surface area contributed by atoms with Crippen molar-refractivity contribution in [1.29, 1.82) is 0 Å². The van der Waals surface area contributed by atoms with E-state index in [1.54, 1.807) is 36.2 Å². The van der Waals surface area contributed by atoms with Gasteiger partial charge in [-0.3, -0.25) is 9.59 Å². The van der Waals surface area contributed by atoms with E-state index < -0.39 is 0 Å². The Morgan fingerprint density at radius 3 is 2.36 bits per heavy atom. The predicted octanol–water partition coefficient (Wildman–Crippen LogP) is 3.44. The van der Waals surface area contributed by atoms with Crippen molar-refractivity contribution in [1.82, 2.24) is 4.90 Å². The summed E-state index contributed by atoms with van der Waals surface area (Å²) in [4.78, 5) is 26.0. The lowest BCUT2D eigenvalue weighted by Crippen LogP contribution is -2.29. The second kappa shape index (κ2) is 7.83. The number of rotatable bonds is 5. The van der Waals surface area contributed by atoms with Crippen molar-refractivity contribution < 1.29 is 9.59 Å². The molecule has 0 fully saturated rings. The molecule has 5 heteroatoms. The second-order valence-corrected chi connectivity index (χ2v) is 6.57. The van der Waals surface area contributed by atoms with Crippen molar-refractivity contribution in [2.75, 3.05) is 18.1 Å². The van der Waals surface area contributed by atoms with Gasteiger partial charge in [0, 0.05) is 36.4 Å². The van der Waals surface area contributed by atoms with Crippen LogP contribution in [0.4, 0.5) is 11.4 Å². The van der Waals surface area contributed by atoms with Crippen LogP contribution < -0.4 is 11.1 Å². The number of carbonyl (C=O) groups excluding carboxylic acids is 2. The van der Waals surface area contributed by atoms with Crippen LogP contribution in [0, 0.1) is 12.8 Å². The van der Waals surface area contributed by atoms with Gasteiger partial charge in [0.1, 0.15) is 0 Å². The Kier molecular flexibility index (Phi) is 5.80. The van der Waals surface area contributed by atoms with Crippen LogP contribution in [-0.2, 0) is 11.3 Å². The molecule has 2 rings (SSSR count). The number of nitrogens with zero attached hydrogens (tertiary/aromatic N) is 1. The molecule has 2 amide bonds. The minimum absolute atomic E-state index is 0.0309. The molecule has 2 aromatic rings. The molecule has 3 N–H and O–H groups in total. The summed E-state index contributed by atoms with van der Waals surface area (Å²) in [5.74, 6) is -0.123. The number of nitrogens with two attached hydrogens (primary N) is 1. The fourth-order valence-corrected chi connectivity index (χ4v) is 2.52. The van der Waals surface area contributed by atoms with Crippen molar-refractivity contribution >= 4 is 23.2 Å². The molecular formula is C20H25N3O2. The molecule has 0 aromatic heterocycles. The van der Waals surface area contributed by atoms with Crippen LogP contribution in [0.1, 0.15) is 35.3 Å². The van der Waals surface area contributed by atoms with Crippen LogP contribution >= 0.6 is 0 Å². The highest BCUT2D eigenvalue weighted by atomic mass is 16.2. The summed E-state index contributed by atoms with van der Waals surface area (Å²) in [7, 11) is 1.78. The van der Waals surface area contributed by atoms with Crippen LogP contribution in [0.25, 0.3) is 0 Å². The molecule has 0 saturated carbocycles. The molecule has 0 spiro atoms. The number of amides is 2. The Hall–Kier alpha value is -2.82. The van der Waals surface area contributed by atoms with Gasteiger partial charge in [0.15, 0.2) is 0 Å². The molecule has 0 saturated heterocycles. The summed E-state index contributed by atoms with van der Waals surface area (Å²) in [5.41, 5.74) is 9.57. The minimum atomic E-state index is -0.188. The highest BCUT2D eigenvalue weighted by molar-refractivity contribution is 6.04. The number of hydrogen-bond donors (Lipinski definition) is 2. The van der Waals surface area contributed by atoms with Crippen LogP contribution in [-0.4, -0.2) is 23.8 Å². The van der Waals surface area contributed by atoms with Gasteiger partial charge in [-0.15, -0.1) is 0 Å². The summed E-state index contributed by atoms with van der Waals surface area (Å²) >= 11 is 0. The largest absolute Gasteiger partial charge is 0.399 e. The first-order valence-electron chi connectivity index (χ1n) is 8.29. The monoisotopic (exact) mass is 339 g/mol. The Labute approximate surface area is 148 Å². The number of nitrogen functional groups attached to an aromatic ring is 1. The fourth-order valence-electron chi connectivity index (χ4n) is 2.52. The van der Waals surface area contributed by atoms with Crippen LogP contribution in [0.5, 0.6) is 0 Å². The van der Waals surface area contributed by atoms with Gasteiger partial charge < -0.3 is 16.0 Å². The van der Waals surface area contributed by atoms with Crippen molar-refractivity contribution in [3.05, 3.63) is 59.2 Å². The average Bonchev–Trinajstić information content (AvgIpc) is 2.57. The maximum Gasteiger partial charge on any atom is 0.255 e. The molecule has 2 aromatic carbocycles. The number of nitrogens with one attached hydrogen (secondary N) is 1. The third-order valence-electron chi connectivity index (χ3n) is 4.02. The van der Waals surface area contributed by atoms with E-state index in [9.17, 15) is 9.59 Å². The summed E-state index contributed by atoms with van der Waals surface area (Å²) in [6.07, 6.45) is 0. The van der Waals surface area contributed by atoms with E-state index in [1.165, 1.54) is 0 Å². The first kappa shape index (κ1) is 18.5. The molecule has 0 unspecified atom stereocenters. The number of hydrogen-bond acceptors (Lipinski definition) is 3. The Balaban J connectivity index is 2.05. The third kappa shape index (κ3) is 4.83. The quantitative estimate of drug-likeness (QED) is 0.819. The van der Waals surface area contributed by atoms with Gasteiger partial charge in [0.25, 0.3) is 5.91 Å². The van der Waals surface area contributed by atoms with E-state index in [0.717, 1.165) is 11.1 Å². The van der Waals surface area contributed by atoms with Gasteiger partial charge in [-0.1, -0.05) is 32.0 Å². The summed E-state index contributed by atoms with van der Waals surface area (Å²) in [6.45, 7) is 6.20. The van der Waals surface area contributed by atoms with Crippen molar-refractivity contribution in [3.63, 3.8) is 0 Å². The SMILES string of the molecule is Cc1ccc(N)cc1NC(=O)c1ccc(CN(C)C(=O)C(C)C)cc1. The second-order valence-electron chi connectivity index (χ2n) is 6.57. The molecule has 132 valence electrons.